The predicted molar refractivity (Wildman–Crippen MR) is 105 cm³/mol. The highest BCUT2D eigenvalue weighted by Crippen LogP contribution is 2.18. The van der Waals surface area contributed by atoms with E-state index < -0.39 is 5.97 Å². The molecule has 2 aliphatic rings. The summed E-state index contributed by atoms with van der Waals surface area (Å²) < 4.78 is 6.71. The molecule has 0 aliphatic carbocycles. The number of hydrogen-bond donors (Lipinski definition) is 0. The third-order valence-electron chi connectivity index (χ3n) is 5.55. The Kier molecular flexibility index (Phi) is 5.33. The average Bonchev–Trinajstić information content (AvgIpc) is 3.22. The van der Waals surface area contributed by atoms with Crippen LogP contribution in [0.2, 0.25) is 0 Å². The first-order chi connectivity index (χ1) is 14.1. The van der Waals surface area contributed by atoms with E-state index in [1.807, 2.05) is 10.7 Å². The lowest BCUT2D eigenvalue weighted by molar-refractivity contribution is 0.0523. The van der Waals surface area contributed by atoms with Crippen LogP contribution < -0.4 is 0 Å². The number of fused-ring (bicyclic) bond motifs is 1. The van der Waals surface area contributed by atoms with Gasteiger partial charge in [-0.25, -0.2) is 4.79 Å². The van der Waals surface area contributed by atoms with Crippen molar-refractivity contribution in [3.8, 4) is 0 Å². The lowest BCUT2D eigenvalue weighted by Gasteiger charge is -2.34. The zero-order chi connectivity index (χ0) is 20.4. The Hall–Kier alpha value is -3.16. The molecular weight excluding hydrogens is 372 g/mol. The van der Waals surface area contributed by atoms with E-state index >= 15 is 0 Å². The highest BCUT2D eigenvalue weighted by Gasteiger charge is 2.29. The number of amides is 2. The van der Waals surface area contributed by atoms with E-state index in [9.17, 15) is 14.4 Å². The number of benzene rings is 1. The molecule has 29 heavy (non-hydrogen) atoms. The molecule has 1 fully saturated rings. The second-order valence-corrected chi connectivity index (χ2v) is 7.32. The Balaban J connectivity index is 1.42. The Morgan fingerprint density at radius 1 is 0.897 bits per heavy atom. The largest absolute Gasteiger partial charge is 0.465 e. The van der Waals surface area contributed by atoms with E-state index in [1.54, 1.807) is 34.1 Å². The second-order valence-electron chi connectivity index (χ2n) is 7.32. The first-order valence-electron chi connectivity index (χ1n) is 9.91. The smallest absolute Gasteiger partial charge is 0.338 e. The van der Waals surface area contributed by atoms with Gasteiger partial charge in [-0.2, -0.15) is 5.10 Å². The number of aryl methyl sites for hydroxylation is 2. The highest BCUT2D eigenvalue weighted by atomic mass is 16.5. The minimum absolute atomic E-state index is 0.0889. The average molecular weight is 396 g/mol. The maximum atomic E-state index is 12.9. The van der Waals surface area contributed by atoms with Crippen molar-refractivity contribution in [2.75, 3.05) is 33.3 Å². The number of nitrogens with zero attached hydrogens (tertiary/aromatic N) is 4. The fraction of sp³-hybridized carbons (Fsp3) is 0.429. The van der Waals surface area contributed by atoms with Crippen molar-refractivity contribution in [3.63, 3.8) is 0 Å². The summed E-state index contributed by atoms with van der Waals surface area (Å²) in [5.74, 6) is -0.851. The molecular formula is C21H24N4O4. The molecule has 0 saturated carbocycles. The van der Waals surface area contributed by atoms with Gasteiger partial charge in [0.25, 0.3) is 11.8 Å². The standard InChI is InChI=1S/C21H24N4O4/c1-29-21(28)17-8-3-2-7-16(17)19(26)23-10-12-24(13-11-23)20(27)18-14-15-6-4-5-9-25(15)22-18/h2-3,7-8,14H,4-6,9-13H2,1H3. The third-order valence-corrected chi connectivity index (χ3v) is 5.55. The zero-order valence-electron chi connectivity index (χ0n) is 16.5. The predicted octanol–water partition coefficient (Wildman–Crippen LogP) is 1.60. The SMILES string of the molecule is COC(=O)c1ccccc1C(=O)N1CCN(C(=O)c2cc3n(n2)CCCC3)CC1. The molecule has 3 heterocycles. The number of aromatic nitrogens is 2. The number of methoxy groups -OCH3 is 1. The number of piperazine rings is 1. The van der Waals surface area contributed by atoms with Crippen molar-refractivity contribution < 1.29 is 19.1 Å². The van der Waals surface area contributed by atoms with Crippen LogP contribution in [-0.4, -0.2) is 70.7 Å². The number of esters is 1. The molecule has 2 aliphatic heterocycles. The van der Waals surface area contributed by atoms with Gasteiger partial charge in [-0.15, -0.1) is 0 Å². The van der Waals surface area contributed by atoms with Crippen LogP contribution >= 0.6 is 0 Å². The van der Waals surface area contributed by atoms with Gasteiger partial charge in [-0.1, -0.05) is 12.1 Å². The third kappa shape index (κ3) is 3.74. The van der Waals surface area contributed by atoms with E-state index in [2.05, 4.69) is 5.10 Å². The molecule has 8 heteroatoms. The second kappa shape index (κ2) is 8.06. The maximum Gasteiger partial charge on any atom is 0.338 e. The summed E-state index contributed by atoms with van der Waals surface area (Å²) in [5.41, 5.74) is 2.17. The molecule has 1 aromatic heterocycles. The summed E-state index contributed by atoms with van der Waals surface area (Å²) in [6, 6.07) is 8.52. The van der Waals surface area contributed by atoms with Crippen LogP contribution in [0.3, 0.4) is 0 Å². The summed E-state index contributed by atoms with van der Waals surface area (Å²) in [5, 5.41) is 4.46. The molecule has 0 radical (unpaired) electrons. The van der Waals surface area contributed by atoms with Gasteiger partial charge in [-0.05, 0) is 37.5 Å². The molecule has 8 nitrogen and oxygen atoms in total. The molecule has 1 aromatic carbocycles. The molecule has 0 spiro atoms. The molecule has 0 bridgehead atoms. The Bertz CT molecular complexity index is 920. The summed E-state index contributed by atoms with van der Waals surface area (Å²) >= 11 is 0. The minimum Gasteiger partial charge on any atom is -0.465 e. The quantitative estimate of drug-likeness (QED) is 0.736. The zero-order valence-corrected chi connectivity index (χ0v) is 16.5. The van der Waals surface area contributed by atoms with Crippen LogP contribution in [0.1, 0.15) is 49.7 Å². The van der Waals surface area contributed by atoms with Gasteiger partial charge in [0.05, 0.1) is 18.2 Å². The molecule has 2 amide bonds. The Morgan fingerprint density at radius 3 is 2.21 bits per heavy atom. The maximum absolute atomic E-state index is 12.9. The molecule has 0 unspecified atom stereocenters. The molecule has 1 saturated heterocycles. The first-order valence-corrected chi connectivity index (χ1v) is 9.91. The van der Waals surface area contributed by atoms with Gasteiger partial charge < -0.3 is 14.5 Å². The molecule has 4 rings (SSSR count). The summed E-state index contributed by atoms with van der Waals surface area (Å²) in [4.78, 5) is 41.1. The van der Waals surface area contributed by atoms with E-state index in [-0.39, 0.29) is 17.4 Å². The minimum atomic E-state index is -0.536. The van der Waals surface area contributed by atoms with Gasteiger partial charge in [0, 0.05) is 38.4 Å². The number of carbonyl (C=O) groups excluding carboxylic acids is 3. The van der Waals surface area contributed by atoms with Crippen LogP contribution in [-0.2, 0) is 17.7 Å². The lowest BCUT2D eigenvalue weighted by atomic mass is 10.1. The van der Waals surface area contributed by atoms with Gasteiger partial charge >= 0.3 is 5.97 Å². The van der Waals surface area contributed by atoms with Crippen LogP contribution in [0.4, 0.5) is 0 Å². The fourth-order valence-electron chi connectivity index (χ4n) is 3.93. The molecule has 0 atom stereocenters. The van der Waals surface area contributed by atoms with Gasteiger partial charge in [0.1, 0.15) is 0 Å². The summed E-state index contributed by atoms with van der Waals surface area (Å²) in [6.45, 7) is 2.56. The molecule has 152 valence electrons. The Morgan fingerprint density at radius 2 is 1.55 bits per heavy atom. The number of ether oxygens (including phenoxy) is 1. The van der Waals surface area contributed by atoms with E-state index in [0.717, 1.165) is 31.5 Å². The fourth-order valence-corrected chi connectivity index (χ4v) is 3.93. The van der Waals surface area contributed by atoms with Crippen LogP contribution in [0, 0.1) is 0 Å². The monoisotopic (exact) mass is 396 g/mol. The first kappa shape index (κ1) is 19.2. The lowest BCUT2D eigenvalue weighted by Crippen LogP contribution is -2.50. The van der Waals surface area contributed by atoms with E-state index in [1.165, 1.54) is 7.11 Å². The number of carbonyl (C=O) groups is 3. The van der Waals surface area contributed by atoms with Gasteiger partial charge in [0.15, 0.2) is 5.69 Å². The number of hydrogen-bond acceptors (Lipinski definition) is 5. The highest BCUT2D eigenvalue weighted by molar-refractivity contribution is 6.05. The van der Waals surface area contributed by atoms with Gasteiger partial charge in [-0.3, -0.25) is 14.3 Å². The number of rotatable bonds is 3. The van der Waals surface area contributed by atoms with Crippen molar-refractivity contribution in [1.29, 1.82) is 0 Å². The van der Waals surface area contributed by atoms with Crippen molar-refractivity contribution in [1.82, 2.24) is 19.6 Å². The summed E-state index contributed by atoms with van der Waals surface area (Å²) in [6.07, 6.45) is 3.19. The summed E-state index contributed by atoms with van der Waals surface area (Å²) in [7, 11) is 1.29. The van der Waals surface area contributed by atoms with Gasteiger partial charge in [0.2, 0.25) is 0 Å². The molecule has 0 N–H and O–H groups in total. The topological polar surface area (TPSA) is 84.7 Å². The van der Waals surface area contributed by atoms with Crippen LogP contribution in [0.25, 0.3) is 0 Å². The Labute approximate surface area is 169 Å². The van der Waals surface area contributed by atoms with Crippen LogP contribution in [0.15, 0.2) is 30.3 Å². The van der Waals surface area contributed by atoms with Crippen LogP contribution in [0.5, 0.6) is 0 Å². The van der Waals surface area contributed by atoms with Crippen molar-refractivity contribution in [2.45, 2.75) is 25.8 Å². The molecule has 2 aromatic rings. The normalized spacial score (nSPS) is 16.3. The van der Waals surface area contributed by atoms with Crippen molar-refractivity contribution in [3.05, 3.63) is 52.8 Å². The van der Waals surface area contributed by atoms with E-state index in [4.69, 9.17) is 4.74 Å². The van der Waals surface area contributed by atoms with Crippen molar-refractivity contribution >= 4 is 17.8 Å². The van der Waals surface area contributed by atoms with Crippen molar-refractivity contribution in [2.24, 2.45) is 0 Å². The van der Waals surface area contributed by atoms with E-state index in [0.29, 0.717) is 37.4 Å².